The Bertz CT molecular complexity index is 1720. The molecule has 0 saturated heterocycles. The van der Waals surface area contributed by atoms with E-state index in [1.807, 2.05) is 68.4 Å². The van der Waals surface area contributed by atoms with Gasteiger partial charge < -0.3 is 10.2 Å². The molecule has 10 heteroatoms. The predicted octanol–water partition coefficient (Wildman–Crippen LogP) is 7.16. The summed E-state index contributed by atoms with van der Waals surface area (Å²) < 4.78 is 30.2. The molecule has 4 aromatic rings. The Kier molecular flexibility index (Phi) is 11.8. The van der Waals surface area contributed by atoms with E-state index in [0.717, 1.165) is 19.9 Å². The summed E-state index contributed by atoms with van der Waals surface area (Å²) in [4.78, 5) is 30.0. The number of nitrogens with one attached hydrogen (secondary N) is 1. The number of halogens is 2. The monoisotopic (exact) mass is 709 g/mol. The lowest BCUT2D eigenvalue weighted by Gasteiger charge is -2.34. The minimum absolute atomic E-state index is 0.0334. The highest BCUT2D eigenvalue weighted by Gasteiger charge is 2.35. The minimum atomic E-state index is -4.21. The van der Waals surface area contributed by atoms with Crippen molar-refractivity contribution in [2.75, 3.05) is 10.8 Å². The van der Waals surface area contributed by atoms with E-state index in [0.29, 0.717) is 17.0 Å². The number of amides is 2. The van der Waals surface area contributed by atoms with Crippen LogP contribution in [0.1, 0.15) is 37.0 Å². The van der Waals surface area contributed by atoms with E-state index in [-0.39, 0.29) is 35.5 Å². The second-order valence-electron chi connectivity index (χ2n) is 10.9. The largest absolute Gasteiger partial charge is 0.352 e. The summed E-state index contributed by atoms with van der Waals surface area (Å²) in [5.41, 5.74) is 2.45. The zero-order valence-corrected chi connectivity index (χ0v) is 28.6. The topological polar surface area (TPSA) is 86.8 Å². The van der Waals surface area contributed by atoms with Gasteiger partial charge in [0.1, 0.15) is 12.6 Å². The summed E-state index contributed by atoms with van der Waals surface area (Å²) in [6.45, 7) is 5.13. The molecule has 236 valence electrons. The molecule has 7 nitrogen and oxygen atoms in total. The second-order valence-corrected chi connectivity index (χ2v) is 14.1. The molecule has 2 atom stereocenters. The summed E-state index contributed by atoms with van der Waals surface area (Å²) in [6, 6.07) is 28.8. The highest BCUT2D eigenvalue weighted by atomic mass is 79.9. The summed E-state index contributed by atoms with van der Waals surface area (Å²) in [6.07, 6.45) is 0.949. The van der Waals surface area contributed by atoms with Gasteiger partial charge in [0.15, 0.2) is 0 Å². The molecule has 2 amide bonds. The average molecular weight is 711 g/mol. The van der Waals surface area contributed by atoms with Crippen LogP contribution in [0.25, 0.3) is 0 Å². The standard InChI is InChI=1S/C35H37BrClN3O4S/c1-4-25(2)38-35(42)33(22-27-13-7-5-8-14-27)39(23-28-15-11-16-29(36)21-28)34(41)24-40(32-20-12-19-31(37)26(32)3)45(43,44)30-17-9-6-10-18-30/h5-21,25,33H,4,22-24H2,1-3H3,(H,38,42). The zero-order chi connectivity index (χ0) is 32.6. The predicted molar refractivity (Wildman–Crippen MR) is 184 cm³/mol. The zero-order valence-electron chi connectivity index (χ0n) is 25.5. The van der Waals surface area contributed by atoms with Crippen molar-refractivity contribution in [3.63, 3.8) is 0 Å². The minimum Gasteiger partial charge on any atom is -0.352 e. The SMILES string of the molecule is CCC(C)NC(=O)C(Cc1ccccc1)N(Cc1cccc(Br)c1)C(=O)CN(c1cccc(Cl)c1C)S(=O)(=O)c1ccccc1. The van der Waals surface area contributed by atoms with Crippen LogP contribution >= 0.6 is 27.5 Å². The molecule has 0 aliphatic carbocycles. The third kappa shape index (κ3) is 8.75. The first kappa shape index (κ1) is 34.2. The highest BCUT2D eigenvalue weighted by Crippen LogP contribution is 2.31. The van der Waals surface area contributed by atoms with E-state index in [2.05, 4.69) is 21.2 Å². The molecule has 4 aromatic carbocycles. The maximum Gasteiger partial charge on any atom is 0.264 e. The van der Waals surface area contributed by atoms with E-state index >= 15 is 0 Å². The first-order valence-corrected chi connectivity index (χ1v) is 17.3. The fourth-order valence-corrected chi connectivity index (χ4v) is 7.04. The first-order chi connectivity index (χ1) is 21.5. The fourth-order valence-electron chi connectivity index (χ4n) is 4.93. The Balaban J connectivity index is 1.83. The number of carbonyl (C=O) groups is 2. The van der Waals surface area contributed by atoms with Gasteiger partial charge in [-0.2, -0.15) is 0 Å². The smallest absolute Gasteiger partial charge is 0.264 e. The third-order valence-corrected chi connectivity index (χ3v) is 10.3. The number of benzene rings is 4. The summed E-state index contributed by atoms with van der Waals surface area (Å²) in [5, 5.41) is 3.42. The van der Waals surface area contributed by atoms with Crippen molar-refractivity contribution >= 4 is 55.1 Å². The van der Waals surface area contributed by atoms with E-state index in [4.69, 9.17) is 11.6 Å². The molecule has 0 aliphatic heterocycles. The quantitative estimate of drug-likeness (QED) is 0.160. The lowest BCUT2D eigenvalue weighted by atomic mass is 10.0. The van der Waals surface area contributed by atoms with Gasteiger partial charge in [-0.3, -0.25) is 13.9 Å². The van der Waals surface area contributed by atoms with Gasteiger partial charge in [-0.25, -0.2) is 8.42 Å². The molecule has 1 N–H and O–H groups in total. The van der Waals surface area contributed by atoms with Gasteiger partial charge in [-0.1, -0.05) is 101 Å². The number of anilines is 1. The number of hydrogen-bond donors (Lipinski definition) is 1. The molecule has 0 spiro atoms. The first-order valence-electron chi connectivity index (χ1n) is 14.7. The lowest BCUT2D eigenvalue weighted by molar-refractivity contribution is -0.140. The van der Waals surface area contributed by atoms with Gasteiger partial charge >= 0.3 is 0 Å². The number of nitrogens with zero attached hydrogens (tertiary/aromatic N) is 2. The van der Waals surface area contributed by atoms with Gasteiger partial charge in [-0.05, 0) is 73.4 Å². The van der Waals surface area contributed by atoms with Crippen LogP contribution in [0.3, 0.4) is 0 Å². The van der Waals surface area contributed by atoms with Crippen molar-refractivity contribution in [1.82, 2.24) is 10.2 Å². The number of hydrogen-bond acceptors (Lipinski definition) is 4. The third-order valence-electron chi connectivity index (χ3n) is 7.63. The van der Waals surface area contributed by atoms with Crippen LogP contribution in [0.2, 0.25) is 5.02 Å². The van der Waals surface area contributed by atoms with Crippen molar-refractivity contribution in [3.05, 3.63) is 129 Å². The Morgan fingerprint density at radius 3 is 2.16 bits per heavy atom. The van der Waals surface area contributed by atoms with Crippen LogP contribution in [0, 0.1) is 6.92 Å². The van der Waals surface area contributed by atoms with Crippen LogP contribution in [-0.4, -0.2) is 43.8 Å². The Hall–Kier alpha value is -3.66. The van der Waals surface area contributed by atoms with Gasteiger partial charge in [-0.15, -0.1) is 0 Å². The van der Waals surface area contributed by atoms with Crippen molar-refractivity contribution < 1.29 is 18.0 Å². The van der Waals surface area contributed by atoms with Gasteiger partial charge in [0.25, 0.3) is 10.0 Å². The molecule has 0 saturated carbocycles. The van der Waals surface area contributed by atoms with Crippen LogP contribution < -0.4 is 9.62 Å². The van der Waals surface area contributed by atoms with Crippen molar-refractivity contribution in [3.8, 4) is 0 Å². The molecular formula is C35H37BrClN3O4S. The Morgan fingerprint density at radius 2 is 1.51 bits per heavy atom. The molecule has 4 rings (SSSR count). The lowest BCUT2D eigenvalue weighted by Crippen LogP contribution is -2.54. The van der Waals surface area contributed by atoms with Crippen LogP contribution in [0.5, 0.6) is 0 Å². The van der Waals surface area contributed by atoms with Gasteiger partial charge in [0.2, 0.25) is 11.8 Å². The number of carbonyl (C=O) groups excluding carboxylic acids is 2. The molecule has 0 fully saturated rings. The Morgan fingerprint density at radius 1 is 0.889 bits per heavy atom. The molecular weight excluding hydrogens is 674 g/mol. The van der Waals surface area contributed by atoms with E-state index in [9.17, 15) is 18.0 Å². The second kappa shape index (κ2) is 15.6. The summed E-state index contributed by atoms with van der Waals surface area (Å²) in [7, 11) is -4.21. The van der Waals surface area contributed by atoms with E-state index in [1.165, 1.54) is 17.0 Å². The van der Waals surface area contributed by atoms with Gasteiger partial charge in [0.05, 0.1) is 10.6 Å². The van der Waals surface area contributed by atoms with Gasteiger partial charge in [0, 0.05) is 28.5 Å². The normalized spacial score (nSPS) is 12.6. The molecule has 0 bridgehead atoms. The molecule has 0 aliphatic rings. The van der Waals surface area contributed by atoms with Crippen LogP contribution in [0.15, 0.2) is 112 Å². The van der Waals surface area contributed by atoms with E-state index < -0.39 is 28.5 Å². The highest BCUT2D eigenvalue weighted by molar-refractivity contribution is 9.10. The maximum atomic E-state index is 14.6. The fraction of sp³-hybridized carbons (Fsp3) is 0.257. The molecule has 0 radical (unpaired) electrons. The van der Waals surface area contributed by atoms with Crippen molar-refractivity contribution in [1.29, 1.82) is 0 Å². The Labute approximate surface area is 279 Å². The van der Waals surface area contributed by atoms with E-state index in [1.54, 1.807) is 43.3 Å². The number of sulfonamides is 1. The van der Waals surface area contributed by atoms with Crippen molar-refractivity contribution in [2.24, 2.45) is 0 Å². The van der Waals surface area contributed by atoms with Crippen LogP contribution in [-0.2, 0) is 32.6 Å². The van der Waals surface area contributed by atoms with Crippen molar-refractivity contribution in [2.45, 2.75) is 57.1 Å². The molecule has 45 heavy (non-hydrogen) atoms. The maximum absolute atomic E-state index is 14.6. The molecule has 0 aromatic heterocycles. The summed E-state index contributed by atoms with van der Waals surface area (Å²) >= 11 is 9.95. The summed E-state index contributed by atoms with van der Waals surface area (Å²) in [5.74, 6) is -0.845. The molecule has 2 unspecified atom stereocenters. The molecule has 0 heterocycles. The van der Waals surface area contributed by atoms with Crippen LogP contribution in [0.4, 0.5) is 5.69 Å². The average Bonchev–Trinajstić information content (AvgIpc) is 3.03. The number of rotatable bonds is 13.